The minimum absolute atomic E-state index is 0.0931. The number of amides is 1. The third-order valence-electron chi connectivity index (χ3n) is 5.03. The molecule has 0 saturated carbocycles. The van der Waals surface area contributed by atoms with E-state index in [-0.39, 0.29) is 4.90 Å². The zero-order valence-electron chi connectivity index (χ0n) is 18.3. The van der Waals surface area contributed by atoms with Crippen LogP contribution in [0.15, 0.2) is 70.7 Å². The highest BCUT2D eigenvalue weighted by molar-refractivity contribution is 7.92. The average molecular weight is 504 g/mol. The van der Waals surface area contributed by atoms with Gasteiger partial charge in [0.05, 0.1) is 21.8 Å². The van der Waals surface area contributed by atoms with Gasteiger partial charge in [0.1, 0.15) is 6.54 Å². The molecule has 0 aromatic heterocycles. The molecule has 0 radical (unpaired) electrons. The summed E-state index contributed by atoms with van der Waals surface area (Å²) in [6.07, 6.45) is 1.37. The smallest absolute Gasteiger partial charge is 0.264 e. The molecule has 0 aliphatic carbocycles. The Kier molecular flexibility index (Phi) is 7.79. The number of hydrazone groups is 1. The number of hydrogen-bond acceptors (Lipinski definition) is 4. The lowest BCUT2D eigenvalue weighted by atomic mass is 10.1. The van der Waals surface area contributed by atoms with Crippen molar-refractivity contribution in [3.05, 3.63) is 93.0 Å². The van der Waals surface area contributed by atoms with E-state index in [0.717, 1.165) is 21.0 Å². The molecule has 1 N–H and O–H groups in total. The number of aryl methyl sites for hydroxylation is 3. The minimum Gasteiger partial charge on any atom is -0.271 e. The van der Waals surface area contributed by atoms with Gasteiger partial charge in [0.2, 0.25) is 0 Å². The third-order valence-corrected chi connectivity index (χ3v) is 7.38. The first kappa shape index (κ1) is 24.8. The molecule has 0 fully saturated rings. The zero-order valence-corrected chi connectivity index (χ0v) is 20.7. The van der Waals surface area contributed by atoms with Crippen LogP contribution in [0.5, 0.6) is 0 Å². The van der Waals surface area contributed by atoms with Crippen LogP contribution >= 0.6 is 23.2 Å². The molecule has 172 valence electrons. The maximum absolute atomic E-state index is 13.4. The lowest BCUT2D eigenvalue weighted by Crippen LogP contribution is -2.39. The summed E-state index contributed by atoms with van der Waals surface area (Å²) in [6.45, 7) is 5.23. The van der Waals surface area contributed by atoms with Crippen LogP contribution in [0.2, 0.25) is 10.0 Å². The van der Waals surface area contributed by atoms with Crippen molar-refractivity contribution in [2.75, 3.05) is 10.8 Å². The van der Waals surface area contributed by atoms with E-state index in [1.807, 2.05) is 26.8 Å². The van der Waals surface area contributed by atoms with Gasteiger partial charge < -0.3 is 0 Å². The van der Waals surface area contributed by atoms with Crippen molar-refractivity contribution in [2.24, 2.45) is 5.10 Å². The number of sulfonamides is 1. The Morgan fingerprint density at radius 2 is 1.67 bits per heavy atom. The van der Waals surface area contributed by atoms with Gasteiger partial charge in [-0.25, -0.2) is 13.8 Å². The summed E-state index contributed by atoms with van der Waals surface area (Å²) in [4.78, 5) is 12.7. The van der Waals surface area contributed by atoms with Gasteiger partial charge in [-0.15, -0.1) is 0 Å². The lowest BCUT2D eigenvalue weighted by Gasteiger charge is -2.24. The number of nitrogens with zero attached hydrogens (tertiary/aromatic N) is 2. The molecule has 1 amide bonds. The summed E-state index contributed by atoms with van der Waals surface area (Å²) in [5.41, 5.74) is 6.16. The van der Waals surface area contributed by atoms with Crippen molar-refractivity contribution < 1.29 is 13.2 Å². The number of rotatable bonds is 7. The van der Waals surface area contributed by atoms with Crippen LogP contribution < -0.4 is 9.73 Å². The predicted molar refractivity (Wildman–Crippen MR) is 134 cm³/mol. The molecule has 0 aliphatic rings. The maximum atomic E-state index is 13.4. The summed E-state index contributed by atoms with van der Waals surface area (Å²) in [7, 11) is -4.00. The number of halogens is 2. The highest BCUT2D eigenvalue weighted by Crippen LogP contribution is 2.26. The normalized spacial score (nSPS) is 11.5. The SMILES string of the molecule is Cc1ccc(S(=O)(=O)N(CC(=O)N/N=C/c2ccc(Cl)cc2Cl)c2ccc(C)c(C)c2)cc1. The molecule has 0 spiro atoms. The van der Waals surface area contributed by atoms with Crippen LogP contribution in [-0.4, -0.2) is 27.1 Å². The van der Waals surface area contributed by atoms with E-state index in [4.69, 9.17) is 23.2 Å². The Balaban J connectivity index is 1.87. The van der Waals surface area contributed by atoms with Gasteiger partial charge in [0, 0.05) is 10.6 Å². The summed E-state index contributed by atoms with van der Waals surface area (Å²) in [5.74, 6) is -0.606. The van der Waals surface area contributed by atoms with Crippen molar-refractivity contribution in [3.8, 4) is 0 Å². The fourth-order valence-electron chi connectivity index (χ4n) is 2.98. The average Bonchev–Trinajstić information content (AvgIpc) is 2.76. The standard InChI is InChI=1S/C24H23Cl2N3O3S/c1-16-4-10-22(11-5-16)33(31,32)29(21-9-6-17(2)18(3)12-21)15-24(30)28-27-14-19-7-8-20(25)13-23(19)26/h4-14H,15H2,1-3H3,(H,28,30)/b27-14+. The summed E-state index contributed by atoms with van der Waals surface area (Å²) in [5, 5.41) is 4.76. The lowest BCUT2D eigenvalue weighted by molar-refractivity contribution is -0.119. The second kappa shape index (κ2) is 10.4. The van der Waals surface area contributed by atoms with E-state index in [0.29, 0.717) is 21.3 Å². The van der Waals surface area contributed by atoms with Crippen LogP contribution in [0.3, 0.4) is 0 Å². The molecule has 0 saturated heterocycles. The summed E-state index contributed by atoms with van der Waals surface area (Å²) < 4.78 is 27.9. The van der Waals surface area contributed by atoms with Crippen LogP contribution in [-0.2, 0) is 14.8 Å². The van der Waals surface area contributed by atoms with Crippen LogP contribution in [0.25, 0.3) is 0 Å². The van der Waals surface area contributed by atoms with Gasteiger partial charge in [-0.1, -0.05) is 53.0 Å². The first-order chi connectivity index (χ1) is 15.6. The van der Waals surface area contributed by atoms with Gasteiger partial charge >= 0.3 is 0 Å². The van der Waals surface area contributed by atoms with Crippen LogP contribution in [0.1, 0.15) is 22.3 Å². The number of carbonyl (C=O) groups excluding carboxylic acids is 1. The maximum Gasteiger partial charge on any atom is 0.264 e. The van der Waals surface area contributed by atoms with Crippen molar-refractivity contribution >= 4 is 51.0 Å². The van der Waals surface area contributed by atoms with Gasteiger partial charge in [0.25, 0.3) is 15.9 Å². The second-order valence-electron chi connectivity index (χ2n) is 7.55. The van der Waals surface area contributed by atoms with Gasteiger partial charge in [0.15, 0.2) is 0 Å². The molecule has 0 heterocycles. The van der Waals surface area contributed by atoms with Gasteiger partial charge in [-0.05, 0) is 68.3 Å². The molecular weight excluding hydrogens is 481 g/mol. The van der Waals surface area contributed by atoms with E-state index < -0.39 is 22.5 Å². The largest absolute Gasteiger partial charge is 0.271 e. The van der Waals surface area contributed by atoms with Gasteiger partial charge in [-0.3, -0.25) is 9.10 Å². The molecule has 0 unspecified atom stereocenters. The van der Waals surface area contributed by atoms with Gasteiger partial charge in [-0.2, -0.15) is 5.10 Å². The molecule has 3 rings (SSSR count). The van der Waals surface area contributed by atoms with E-state index >= 15 is 0 Å². The van der Waals surface area contributed by atoms with E-state index in [1.54, 1.807) is 42.5 Å². The first-order valence-corrected chi connectivity index (χ1v) is 12.2. The fourth-order valence-corrected chi connectivity index (χ4v) is 4.85. The Morgan fingerprint density at radius 1 is 0.970 bits per heavy atom. The van der Waals surface area contributed by atoms with Crippen molar-refractivity contribution in [3.63, 3.8) is 0 Å². The minimum atomic E-state index is -4.00. The Labute approximate surface area is 203 Å². The fraction of sp³-hybridized carbons (Fsp3) is 0.167. The molecule has 0 atom stereocenters. The Hall–Kier alpha value is -2.87. The van der Waals surface area contributed by atoms with Crippen molar-refractivity contribution in [2.45, 2.75) is 25.7 Å². The Morgan fingerprint density at radius 3 is 2.30 bits per heavy atom. The topological polar surface area (TPSA) is 78.8 Å². The summed E-state index contributed by atoms with van der Waals surface area (Å²) in [6, 6.07) is 16.6. The second-order valence-corrected chi connectivity index (χ2v) is 10.3. The molecule has 9 heteroatoms. The number of hydrogen-bond donors (Lipinski definition) is 1. The quantitative estimate of drug-likeness (QED) is 0.352. The number of carbonyl (C=O) groups is 1. The number of benzene rings is 3. The molecule has 6 nitrogen and oxygen atoms in total. The van der Waals surface area contributed by atoms with E-state index in [1.165, 1.54) is 18.3 Å². The monoisotopic (exact) mass is 503 g/mol. The molecule has 0 bridgehead atoms. The highest BCUT2D eigenvalue weighted by Gasteiger charge is 2.27. The summed E-state index contributed by atoms with van der Waals surface area (Å²) >= 11 is 12.0. The molecule has 0 aliphatic heterocycles. The van der Waals surface area contributed by atoms with Crippen molar-refractivity contribution in [1.29, 1.82) is 0 Å². The van der Waals surface area contributed by atoms with E-state index in [2.05, 4.69) is 10.5 Å². The molecule has 3 aromatic rings. The van der Waals surface area contributed by atoms with Crippen LogP contribution in [0, 0.1) is 20.8 Å². The van der Waals surface area contributed by atoms with Crippen LogP contribution in [0.4, 0.5) is 5.69 Å². The molecule has 3 aromatic carbocycles. The van der Waals surface area contributed by atoms with E-state index in [9.17, 15) is 13.2 Å². The highest BCUT2D eigenvalue weighted by atomic mass is 35.5. The number of nitrogens with one attached hydrogen (secondary N) is 1. The Bertz CT molecular complexity index is 1310. The first-order valence-electron chi connectivity index (χ1n) is 10.0. The zero-order chi connectivity index (χ0) is 24.2. The molecular formula is C24H23Cl2N3O3S. The third kappa shape index (κ3) is 6.13. The number of anilines is 1. The van der Waals surface area contributed by atoms with Crippen molar-refractivity contribution in [1.82, 2.24) is 5.43 Å². The predicted octanol–water partition coefficient (Wildman–Crippen LogP) is 5.26. The molecule has 33 heavy (non-hydrogen) atoms.